The van der Waals surface area contributed by atoms with E-state index in [9.17, 15) is 14.7 Å². The Morgan fingerprint density at radius 1 is 1.35 bits per heavy atom. The average Bonchev–Trinajstić information content (AvgIpc) is 2.44. The molecule has 2 atom stereocenters. The van der Waals surface area contributed by atoms with E-state index in [1.165, 1.54) is 0 Å². The molecule has 0 bridgehead atoms. The van der Waals surface area contributed by atoms with Crippen molar-refractivity contribution in [3.8, 4) is 0 Å². The first kappa shape index (κ1) is 13.6. The minimum atomic E-state index is -1.11. The van der Waals surface area contributed by atoms with E-state index < -0.39 is 29.9 Å². The number of amides is 2. The summed E-state index contributed by atoms with van der Waals surface area (Å²) in [5.74, 6) is 0. The highest BCUT2D eigenvalue weighted by Gasteiger charge is 2.35. The maximum Gasteiger partial charge on any atom is 0.408 e. The van der Waals surface area contributed by atoms with Crippen LogP contribution in [0.3, 0.4) is 0 Å². The molecule has 0 radical (unpaired) electrons. The van der Waals surface area contributed by atoms with Crippen LogP contribution >= 0.6 is 0 Å². The molecule has 1 aliphatic heterocycles. The van der Waals surface area contributed by atoms with E-state index in [4.69, 9.17) is 9.84 Å². The summed E-state index contributed by atoms with van der Waals surface area (Å²) in [4.78, 5) is 23.2. The minimum absolute atomic E-state index is 0.00417. The Bertz CT molecular complexity index is 312. The number of hydrogen-bond acceptors (Lipinski definition) is 4. The third-order valence-corrected chi connectivity index (χ3v) is 2.26. The average molecular weight is 246 g/mol. The zero-order valence-corrected chi connectivity index (χ0v) is 10.1. The monoisotopic (exact) mass is 246 g/mol. The standard InChI is InChI=1S/C10H18N2O5/c1-10(2,3)17-8(14)11-6-4-12(9(15)16)5-7(6)13/h6-7,13H,4-5H2,1-3H3,(H,11,14)(H,15,16)/t6-,7-/m0/s1. The molecule has 3 N–H and O–H groups in total. The Balaban J connectivity index is 2.47. The van der Waals surface area contributed by atoms with Gasteiger partial charge >= 0.3 is 12.2 Å². The Labute approximate surface area is 99.4 Å². The summed E-state index contributed by atoms with van der Waals surface area (Å²) in [6.07, 6.45) is -2.68. The van der Waals surface area contributed by atoms with Crippen LogP contribution in [0, 0.1) is 0 Å². The van der Waals surface area contributed by atoms with E-state index in [-0.39, 0.29) is 13.1 Å². The van der Waals surface area contributed by atoms with Crippen LogP contribution < -0.4 is 5.32 Å². The number of carboxylic acid groups (broad SMARTS) is 1. The fraction of sp³-hybridized carbons (Fsp3) is 0.800. The molecule has 0 unspecified atom stereocenters. The smallest absolute Gasteiger partial charge is 0.408 e. The summed E-state index contributed by atoms with van der Waals surface area (Å²) < 4.78 is 5.02. The lowest BCUT2D eigenvalue weighted by Crippen LogP contribution is -2.45. The number of ether oxygens (including phenoxy) is 1. The van der Waals surface area contributed by atoms with Gasteiger partial charge in [-0.3, -0.25) is 0 Å². The molecule has 1 saturated heterocycles. The predicted octanol–water partition coefficient (Wildman–Crippen LogP) is 0.234. The van der Waals surface area contributed by atoms with Gasteiger partial charge in [0.15, 0.2) is 0 Å². The van der Waals surface area contributed by atoms with Gasteiger partial charge in [0, 0.05) is 6.54 Å². The third-order valence-electron chi connectivity index (χ3n) is 2.26. The van der Waals surface area contributed by atoms with Crippen molar-refractivity contribution in [2.45, 2.75) is 38.5 Å². The van der Waals surface area contributed by atoms with Crippen molar-refractivity contribution < 1.29 is 24.5 Å². The summed E-state index contributed by atoms with van der Waals surface area (Å²) >= 11 is 0. The number of carbonyl (C=O) groups excluding carboxylic acids is 1. The van der Waals surface area contributed by atoms with E-state index in [0.29, 0.717) is 0 Å². The van der Waals surface area contributed by atoms with Gasteiger partial charge in [0.25, 0.3) is 0 Å². The van der Waals surface area contributed by atoms with E-state index in [2.05, 4.69) is 5.32 Å². The zero-order valence-electron chi connectivity index (χ0n) is 10.1. The van der Waals surface area contributed by atoms with Gasteiger partial charge in [-0.25, -0.2) is 9.59 Å². The second-order valence-electron chi connectivity index (χ2n) is 5.01. The highest BCUT2D eigenvalue weighted by atomic mass is 16.6. The molecule has 17 heavy (non-hydrogen) atoms. The maximum absolute atomic E-state index is 11.4. The Morgan fingerprint density at radius 3 is 2.35 bits per heavy atom. The minimum Gasteiger partial charge on any atom is -0.465 e. The summed E-state index contributed by atoms with van der Waals surface area (Å²) in [5.41, 5.74) is -0.625. The Morgan fingerprint density at radius 2 is 1.94 bits per heavy atom. The van der Waals surface area contributed by atoms with Crippen molar-refractivity contribution in [1.82, 2.24) is 10.2 Å². The fourth-order valence-corrected chi connectivity index (χ4v) is 1.54. The van der Waals surface area contributed by atoms with Crippen LogP contribution in [0.15, 0.2) is 0 Å². The van der Waals surface area contributed by atoms with Crippen LogP contribution in [-0.2, 0) is 4.74 Å². The van der Waals surface area contributed by atoms with Crippen molar-refractivity contribution >= 4 is 12.2 Å². The molecule has 0 aromatic carbocycles. The van der Waals surface area contributed by atoms with E-state index in [1.54, 1.807) is 20.8 Å². The number of alkyl carbamates (subject to hydrolysis) is 1. The molecular formula is C10H18N2O5. The number of hydrogen-bond donors (Lipinski definition) is 3. The van der Waals surface area contributed by atoms with Gasteiger partial charge in [0.05, 0.1) is 18.7 Å². The topological polar surface area (TPSA) is 99.1 Å². The Hall–Kier alpha value is -1.50. The van der Waals surface area contributed by atoms with E-state index >= 15 is 0 Å². The molecule has 1 aliphatic rings. The number of nitrogens with zero attached hydrogens (tertiary/aromatic N) is 1. The molecule has 2 amide bonds. The summed E-state index contributed by atoms with van der Waals surface area (Å²) in [7, 11) is 0. The molecule has 0 spiro atoms. The quantitative estimate of drug-likeness (QED) is 0.615. The summed E-state index contributed by atoms with van der Waals surface area (Å²) in [5, 5.41) is 20.8. The Kier molecular flexibility index (Phi) is 3.82. The van der Waals surface area contributed by atoms with Gasteiger partial charge in [0.1, 0.15) is 5.60 Å². The van der Waals surface area contributed by atoms with E-state index in [1.807, 2.05) is 0 Å². The number of aliphatic hydroxyl groups is 1. The van der Waals surface area contributed by atoms with Crippen LogP contribution in [0.1, 0.15) is 20.8 Å². The van der Waals surface area contributed by atoms with Crippen molar-refractivity contribution in [3.63, 3.8) is 0 Å². The predicted molar refractivity (Wildman–Crippen MR) is 58.8 cm³/mol. The largest absolute Gasteiger partial charge is 0.465 e. The molecule has 98 valence electrons. The third kappa shape index (κ3) is 4.10. The van der Waals surface area contributed by atoms with E-state index in [0.717, 1.165) is 4.90 Å². The normalized spacial score (nSPS) is 24.6. The SMILES string of the molecule is CC(C)(C)OC(=O)N[C@H]1CN(C(=O)O)C[C@@H]1O. The van der Waals surface area contributed by atoms with Gasteiger partial charge in [-0.05, 0) is 20.8 Å². The molecule has 0 aliphatic carbocycles. The molecule has 0 saturated carbocycles. The molecule has 1 rings (SSSR count). The highest BCUT2D eigenvalue weighted by molar-refractivity contribution is 5.69. The number of aliphatic hydroxyl groups excluding tert-OH is 1. The van der Waals surface area contributed by atoms with Crippen LogP contribution in [0.4, 0.5) is 9.59 Å². The van der Waals surface area contributed by atoms with Gasteiger partial charge < -0.3 is 25.2 Å². The first-order valence-corrected chi connectivity index (χ1v) is 5.34. The number of nitrogens with one attached hydrogen (secondary N) is 1. The first-order chi connectivity index (χ1) is 7.69. The van der Waals surface area contributed by atoms with Gasteiger partial charge in [0.2, 0.25) is 0 Å². The van der Waals surface area contributed by atoms with Crippen molar-refractivity contribution in [1.29, 1.82) is 0 Å². The second kappa shape index (κ2) is 4.79. The highest BCUT2D eigenvalue weighted by Crippen LogP contribution is 2.12. The van der Waals surface area contributed by atoms with Crippen molar-refractivity contribution in [3.05, 3.63) is 0 Å². The van der Waals surface area contributed by atoms with Gasteiger partial charge in [-0.1, -0.05) is 0 Å². The zero-order chi connectivity index (χ0) is 13.2. The fourth-order valence-electron chi connectivity index (χ4n) is 1.54. The molecule has 1 heterocycles. The number of carbonyl (C=O) groups is 2. The number of β-amino-alcohol motifs (C(OH)–C–C–N with tert-alkyl or cyclic N) is 1. The number of rotatable bonds is 1. The molecule has 0 aromatic rings. The summed E-state index contributed by atoms with van der Waals surface area (Å²) in [6.45, 7) is 5.23. The molecule has 0 aromatic heterocycles. The van der Waals surface area contributed by atoms with Gasteiger partial charge in [-0.15, -0.1) is 0 Å². The molecule has 7 nitrogen and oxygen atoms in total. The lowest BCUT2D eigenvalue weighted by molar-refractivity contribution is 0.0461. The molecule has 1 fully saturated rings. The lowest BCUT2D eigenvalue weighted by Gasteiger charge is -2.22. The van der Waals surface area contributed by atoms with Crippen molar-refractivity contribution in [2.24, 2.45) is 0 Å². The van der Waals surface area contributed by atoms with Gasteiger partial charge in [-0.2, -0.15) is 0 Å². The number of likely N-dealkylation sites (tertiary alicyclic amines) is 1. The summed E-state index contributed by atoms with van der Waals surface area (Å²) in [6, 6.07) is -0.624. The van der Waals surface area contributed by atoms with Crippen LogP contribution in [-0.4, -0.2) is 58.1 Å². The second-order valence-corrected chi connectivity index (χ2v) is 5.01. The first-order valence-electron chi connectivity index (χ1n) is 5.34. The maximum atomic E-state index is 11.4. The molecule has 7 heteroatoms. The van der Waals surface area contributed by atoms with Crippen molar-refractivity contribution in [2.75, 3.05) is 13.1 Å². The van der Waals surface area contributed by atoms with Crippen LogP contribution in [0.25, 0.3) is 0 Å². The van der Waals surface area contributed by atoms with Crippen LogP contribution in [0.2, 0.25) is 0 Å². The lowest BCUT2D eigenvalue weighted by atomic mass is 10.2. The van der Waals surface area contributed by atoms with Crippen LogP contribution in [0.5, 0.6) is 0 Å². The molecular weight excluding hydrogens is 228 g/mol.